The summed E-state index contributed by atoms with van der Waals surface area (Å²) in [6.07, 6.45) is -4.58. The van der Waals surface area contributed by atoms with Crippen LogP contribution in [-0.2, 0) is 5.33 Å². The van der Waals surface area contributed by atoms with Gasteiger partial charge in [-0.05, 0) is 0 Å². The quantitative estimate of drug-likeness (QED) is 0.525. The molecule has 1 aromatic heterocycles. The van der Waals surface area contributed by atoms with E-state index in [1.165, 1.54) is 0 Å². The molecule has 0 aliphatic carbocycles. The lowest BCUT2D eigenvalue weighted by atomic mass is 10.2. The molecule has 1 N–H and O–H groups in total. The molecular formula is C7H4BrF3N2O4. The zero-order chi connectivity index (χ0) is 13.2. The summed E-state index contributed by atoms with van der Waals surface area (Å²) in [4.78, 5) is 22.6. The number of rotatable bonds is 3. The fourth-order valence-electron chi connectivity index (χ4n) is 1.07. The molecular weight excluding hydrogens is 313 g/mol. The molecule has 0 unspecified atom stereocenters. The van der Waals surface area contributed by atoms with Crippen LogP contribution in [-0.4, -0.2) is 16.3 Å². The van der Waals surface area contributed by atoms with Gasteiger partial charge in [0.05, 0.1) is 11.1 Å². The zero-order valence-electron chi connectivity index (χ0n) is 7.88. The number of aromatic nitrogens is 1. The molecule has 0 radical (unpaired) electrons. The number of halogens is 4. The van der Waals surface area contributed by atoms with Crippen molar-refractivity contribution in [2.75, 3.05) is 0 Å². The molecule has 0 fully saturated rings. The van der Waals surface area contributed by atoms with E-state index in [0.29, 0.717) is 6.20 Å². The van der Waals surface area contributed by atoms with Crippen LogP contribution in [0.1, 0.15) is 5.56 Å². The highest BCUT2D eigenvalue weighted by molar-refractivity contribution is 9.08. The average Bonchev–Trinajstić information content (AvgIpc) is 2.17. The van der Waals surface area contributed by atoms with Crippen molar-refractivity contribution in [1.29, 1.82) is 0 Å². The van der Waals surface area contributed by atoms with E-state index in [2.05, 4.69) is 20.7 Å². The van der Waals surface area contributed by atoms with Gasteiger partial charge in [-0.1, -0.05) is 15.9 Å². The summed E-state index contributed by atoms with van der Waals surface area (Å²) >= 11 is 2.78. The second-order valence-corrected chi connectivity index (χ2v) is 3.31. The number of hydrogen-bond acceptors (Lipinski definition) is 4. The van der Waals surface area contributed by atoms with Gasteiger partial charge < -0.3 is 9.72 Å². The van der Waals surface area contributed by atoms with Crippen molar-refractivity contribution in [3.63, 3.8) is 0 Å². The normalized spacial score (nSPS) is 11.3. The maximum absolute atomic E-state index is 12.0. The van der Waals surface area contributed by atoms with Crippen molar-refractivity contribution in [3.05, 3.63) is 32.2 Å². The van der Waals surface area contributed by atoms with Crippen molar-refractivity contribution < 1.29 is 22.8 Å². The number of alkyl halides is 4. The lowest BCUT2D eigenvalue weighted by molar-refractivity contribution is -0.389. The summed E-state index contributed by atoms with van der Waals surface area (Å²) < 4.78 is 39.4. The number of nitrogens with one attached hydrogen (secondary N) is 1. The Hall–Kier alpha value is -1.58. The first kappa shape index (κ1) is 13.5. The number of pyridine rings is 1. The molecule has 1 heterocycles. The molecule has 0 spiro atoms. The number of hydrogen-bond donors (Lipinski definition) is 1. The molecule has 1 aromatic rings. The Bertz CT molecular complexity index is 499. The van der Waals surface area contributed by atoms with Gasteiger partial charge in [-0.2, -0.15) is 0 Å². The van der Waals surface area contributed by atoms with E-state index < -0.39 is 33.8 Å². The summed E-state index contributed by atoms with van der Waals surface area (Å²) in [5.74, 6) is -1.06. The SMILES string of the molecule is O=c1[nH]cc(OC(F)(F)F)c([N+](=O)[O-])c1CBr. The van der Waals surface area contributed by atoms with Crippen molar-refractivity contribution in [2.24, 2.45) is 0 Å². The molecule has 0 aliphatic heterocycles. The van der Waals surface area contributed by atoms with Gasteiger partial charge in [-0.3, -0.25) is 14.9 Å². The summed E-state index contributed by atoms with van der Waals surface area (Å²) in [6, 6.07) is 0. The van der Waals surface area contributed by atoms with Crippen LogP contribution in [0.2, 0.25) is 0 Å². The maximum Gasteiger partial charge on any atom is 0.573 e. The third-order valence-electron chi connectivity index (χ3n) is 1.67. The van der Waals surface area contributed by atoms with Gasteiger partial charge in [0, 0.05) is 5.33 Å². The second kappa shape index (κ2) is 4.73. The van der Waals surface area contributed by atoms with Crippen LogP contribution in [0.15, 0.2) is 11.0 Å². The number of ether oxygens (including phenoxy) is 1. The van der Waals surface area contributed by atoms with Crippen LogP contribution in [0.5, 0.6) is 5.75 Å². The van der Waals surface area contributed by atoms with E-state index in [1.54, 1.807) is 0 Å². The minimum absolute atomic E-state index is 0.270. The minimum atomic E-state index is -5.08. The number of nitrogens with zero attached hydrogens (tertiary/aromatic N) is 1. The Kier molecular flexibility index (Phi) is 3.76. The highest BCUT2D eigenvalue weighted by Gasteiger charge is 2.36. The average molecular weight is 317 g/mol. The first-order valence-corrected chi connectivity index (χ1v) is 5.09. The molecule has 0 amide bonds. The Morgan fingerprint density at radius 2 is 2.12 bits per heavy atom. The van der Waals surface area contributed by atoms with Gasteiger partial charge in [-0.25, -0.2) is 0 Å². The number of H-pyrrole nitrogens is 1. The summed E-state index contributed by atoms with van der Waals surface area (Å²) in [6.45, 7) is 0. The lowest BCUT2D eigenvalue weighted by Crippen LogP contribution is -2.21. The van der Waals surface area contributed by atoms with Gasteiger partial charge in [0.1, 0.15) is 5.56 Å². The third kappa shape index (κ3) is 3.19. The van der Waals surface area contributed by atoms with Crippen molar-refractivity contribution in [2.45, 2.75) is 11.7 Å². The standard InChI is InChI=1S/C7H4BrF3N2O4/c8-1-3-5(13(15)16)4(2-12-6(3)14)17-7(9,10)11/h2H,1H2,(H,12,14). The van der Waals surface area contributed by atoms with Crippen molar-refractivity contribution >= 4 is 21.6 Å². The molecule has 1 rings (SSSR count). The maximum atomic E-state index is 12.0. The van der Waals surface area contributed by atoms with Crippen LogP contribution in [0.25, 0.3) is 0 Å². The Balaban J connectivity index is 3.41. The summed E-state index contributed by atoms with van der Waals surface area (Å²) in [5, 5.41) is 10.4. The van der Waals surface area contributed by atoms with Crippen molar-refractivity contribution in [1.82, 2.24) is 4.98 Å². The fraction of sp³-hybridized carbons (Fsp3) is 0.286. The Morgan fingerprint density at radius 3 is 2.53 bits per heavy atom. The van der Waals surface area contributed by atoms with Gasteiger partial charge in [-0.15, -0.1) is 13.2 Å². The van der Waals surface area contributed by atoms with Crippen LogP contribution in [0, 0.1) is 10.1 Å². The number of aromatic amines is 1. The smallest absolute Gasteiger partial charge is 0.397 e. The predicted octanol–water partition coefficient (Wildman–Crippen LogP) is 2.08. The molecule has 0 atom stereocenters. The molecule has 10 heteroatoms. The predicted molar refractivity (Wildman–Crippen MR) is 53.0 cm³/mol. The lowest BCUT2D eigenvalue weighted by Gasteiger charge is -2.09. The zero-order valence-corrected chi connectivity index (χ0v) is 9.46. The van der Waals surface area contributed by atoms with Crippen LogP contribution >= 0.6 is 15.9 Å². The van der Waals surface area contributed by atoms with Crippen LogP contribution in [0.4, 0.5) is 18.9 Å². The molecule has 0 aliphatic rings. The molecule has 0 saturated carbocycles. The molecule has 0 aromatic carbocycles. The molecule has 17 heavy (non-hydrogen) atoms. The molecule has 6 nitrogen and oxygen atoms in total. The van der Waals surface area contributed by atoms with Gasteiger partial charge >= 0.3 is 12.0 Å². The summed E-state index contributed by atoms with van der Waals surface area (Å²) in [7, 11) is 0. The van der Waals surface area contributed by atoms with E-state index in [4.69, 9.17) is 0 Å². The fourth-order valence-corrected chi connectivity index (χ4v) is 1.59. The minimum Gasteiger partial charge on any atom is -0.397 e. The summed E-state index contributed by atoms with van der Waals surface area (Å²) in [5.41, 5.74) is -2.32. The largest absolute Gasteiger partial charge is 0.573 e. The highest BCUT2D eigenvalue weighted by atomic mass is 79.9. The van der Waals surface area contributed by atoms with E-state index >= 15 is 0 Å². The highest BCUT2D eigenvalue weighted by Crippen LogP contribution is 2.33. The van der Waals surface area contributed by atoms with Crippen LogP contribution < -0.4 is 10.3 Å². The monoisotopic (exact) mass is 316 g/mol. The molecule has 94 valence electrons. The van der Waals surface area contributed by atoms with Gasteiger partial charge in [0.15, 0.2) is 0 Å². The van der Waals surface area contributed by atoms with Gasteiger partial charge in [0.2, 0.25) is 5.75 Å². The van der Waals surface area contributed by atoms with Crippen molar-refractivity contribution in [3.8, 4) is 5.75 Å². The Labute approximate surface area is 99.7 Å². The number of nitro groups is 1. The van der Waals surface area contributed by atoms with E-state index in [-0.39, 0.29) is 5.33 Å². The van der Waals surface area contributed by atoms with E-state index in [1.807, 2.05) is 4.98 Å². The van der Waals surface area contributed by atoms with Gasteiger partial charge in [0.25, 0.3) is 5.56 Å². The Morgan fingerprint density at radius 1 is 1.53 bits per heavy atom. The topological polar surface area (TPSA) is 85.2 Å². The van der Waals surface area contributed by atoms with E-state index in [0.717, 1.165) is 0 Å². The second-order valence-electron chi connectivity index (χ2n) is 2.75. The first-order valence-electron chi connectivity index (χ1n) is 3.97. The first-order chi connectivity index (χ1) is 7.76. The molecule has 0 bridgehead atoms. The van der Waals surface area contributed by atoms with E-state index in [9.17, 15) is 28.1 Å². The van der Waals surface area contributed by atoms with Crippen LogP contribution in [0.3, 0.4) is 0 Å². The molecule has 0 saturated heterocycles. The third-order valence-corrected chi connectivity index (χ3v) is 2.23.